The Hall–Kier alpha value is -1.57. The second-order valence-corrected chi connectivity index (χ2v) is 7.04. The van der Waals surface area contributed by atoms with Crippen molar-refractivity contribution in [2.24, 2.45) is 0 Å². The zero-order chi connectivity index (χ0) is 14.0. The van der Waals surface area contributed by atoms with E-state index in [-0.39, 0.29) is 10.6 Å². The average molecular weight is 297 g/mol. The van der Waals surface area contributed by atoms with Gasteiger partial charge >= 0.3 is 0 Å². The first-order chi connectivity index (χ1) is 8.93. The first kappa shape index (κ1) is 13.9. The van der Waals surface area contributed by atoms with Crippen LogP contribution in [0.1, 0.15) is 0 Å². The van der Waals surface area contributed by atoms with Crippen LogP contribution in [0.3, 0.4) is 0 Å². The summed E-state index contributed by atoms with van der Waals surface area (Å²) in [6, 6.07) is 6.82. The molecule has 0 amide bonds. The normalized spacial score (nSPS) is 11.7. The summed E-state index contributed by atoms with van der Waals surface area (Å²) in [5.41, 5.74) is 7.65. The Labute approximate surface area is 116 Å². The summed E-state index contributed by atoms with van der Waals surface area (Å²) < 4.78 is 25.4. The number of nitrogen functional groups attached to an aromatic ring is 1. The van der Waals surface area contributed by atoms with Crippen molar-refractivity contribution in [2.45, 2.75) is 4.90 Å². The molecule has 1 aromatic heterocycles. The molecule has 0 aliphatic heterocycles. The molecule has 0 bridgehead atoms. The molecule has 0 unspecified atom stereocenters. The number of para-hydroxylation sites is 1. The molecule has 0 radical (unpaired) electrons. The maximum atomic E-state index is 12.1. The highest BCUT2D eigenvalue weighted by Gasteiger charge is 2.21. The standard InChI is InChI=1S/C12H15N3O2S2/c1-15(2)19(16,17)11-5-3-4-10(12(11)13)14-9-6-7-18-8-9/h3-8,14H,13H2,1-2H3. The first-order valence-corrected chi connectivity index (χ1v) is 7.91. The van der Waals surface area contributed by atoms with Gasteiger partial charge < -0.3 is 11.1 Å². The maximum Gasteiger partial charge on any atom is 0.244 e. The van der Waals surface area contributed by atoms with Crippen molar-refractivity contribution >= 4 is 38.4 Å². The van der Waals surface area contributed by atoms with Gasteiger partial charge in [-0.1, -0.05) is 6.07 Å². The fourth-order valence-corrected chi connectivity index (χ4v) is 3.19. The van der Waals surface area contributed by atoms with Crippen molar-refractivity contribution in [1.82, 2.24) is 4.31 Å². The van der Waals surface area contributed by atoms with Gasteiger partial charge in [-0.2, -0.15) is 11.3 Å². The molecule has 0 spiro atoms. The fraction of sp³-hybridized carbons (Fsp3) is 0.167. The topological polar surface area (TPSA) is 75.4 Å². The monoisotopic (exact) mass is 297 g/mol. The number of sulfonamides is 1. The summed E-state index contributed by atoms with van der Waals surface area (Å²) in [7, 11) is -0.578. The number of rotatable bonds is 4. The molecule has 3 N–H and O–H groups in total. The number of nitrogens with one attached hydrogen (secondary N) is 1. The minimum atomic E-state index is -3.54. The van der Waals surface area contributed by atoms with Crippen LogP contribution in [0.2, 0.25) is 0 Å². The molecule has 1 heterocycles. The average Bonchev–Trinajstić information content (AvgIpc) is 2.84. The Balaban J connectivity index is 2.44. The number of thiophene rings is 1. The van der Waals surface area contributed by atoms with Gasteiger partial charge in [-0.15, -0.1) is 0 Å². The van der Waals surface area contributed by atoms with E-state index in [4.69, 9.17) is 5.73 Å². The van der Waals surface area contributed by atoms with E-state index >= 15 is 0 Å². The number of nitrogens with zero attached hydrogens (tertiary/aromatic N) is 1. The quantitative estimate of drug-likeness (QED) is 0.849. The molecule has 0 saturated heterocycles. The summed E-state index contributed by atoms with van der Waals surface area (Å²) in [5.74, 6) is 0. The minimum Gasteiger partial charge on any atom is -0.396 e. The number of anilines is 3. The second kappa shape index (κ2) is 5.20. The van der Waals surface area contributed by atoms with E-state index in [1.54, 1.807) is 23.5 Å². The smallest absolute Gasteiger partial charge is 0.244 e. The Morgan fingerprint density at radius 2 is 2.00 bits per heavy atom. The van der Waals surface area contributed by atoms with Crippen molar-refractivity contribution in [3.8, 4) is 0 Å². The lowest BCUT2D eigenvalue weighted by atomic mass is 10.2. The lowest BCUT2D eigenvalue weighted by Gasteiger charge is -2.16. The lowest BCUT2D eigenvalue weighted by molar-refractivity contribution is 0.521. The van der Waals surface area contributed by atoms with Gasteiger partial charge in [-0.3, -0.25) is 0 Å². The van der Waals surface area contributed by atoms with E-state index in [1.165, 1.54) is 20.2 Å². The molecule has 0 aliphatic carbocycles. The summed E-state index contributed by atoms with van der Waals surface area (Å²) in [6.45, 7) is 0. The Morgan fingerprint density at radius 3 is 2.58 bits per heavy atom. The van der Waals surface area contributed by atoms with Gasteiger partial charge in [0.2, 0.25) is 10.0 Å². The number of nitrogens with two attached hydrogens (primary N) is 1. The molecular formula is C12H15N3O2S2. The van der Waals surface area contributed by atoms with Crippen molar-refractivity contribution in [3.05, 3.63) is 35.0 Å². The molecule has 1 aromatic carbocycles. The van der Waals surface area contributed by atoms with Gasteiger partial charge in [0.25, 0.3) is 0 Å². The van der Waals surface area contributed by atoms with Gasteiger partial charge in [0.05, 0.1) is 11.4 Å². The van der Waals surface area contributed by atoms with Crippen LogP contribution in [0.5, 0.6) is 0 Å². The van der Waals surface area contributed by atoms with E-state index in [0.717, 1.165) is 9.99 Å². The SMILES string of the molecule is CN(C)S(=O)(=O)c1cccc(Nc2ccsc2)c1N. The van der Waals surface area contributed by atoms with E-state index in [2.05, 4.69) is 5.32 Å². The Morgan fingerprint density at radius 1 is 1.26 bits per heavy atom. The van der Waals surface area contributed by atoms with Gasteiger partial charge in [-0.25, -0.2) is 12.7 Å². The zero-order valence-electron chi connectivity index (χ0n) is 10.6. The molecule has 5 nitrogen and oxygen atoms in total. The number of hydrogen-bond acceptors (Lipinski definition) is 5. The highest BCUT2D eigenvalue weighted by Crippen LogP contribution is 2.30. The molecule has 7 heteroatoms. The van der Waals surface area contributed by atoms with Crippen LogP contribution in [-0.4, -0.2) is 26.8 Å². The Kier molecular flexibility index (Phi) is 3.79. The van der Waals surface area contributed by atoms with E-state index in [1.807, 2.05) is 16.8 Å². The largest absolute Gasteiger partial charge is 0.396 e. The third kappa shape index (κ3) is 2.73. The van der Waals surface area contributed by atoms with Gasteiger partial charge in [0, 0.05) is 25.2 Å². The summed E-state index contributed by atoms with van der Waals surface area (Å²) in [4.78, 5) is 0.109. The van der Waals surface area contributed by atoms with E-state index < -0.39 is 10.0 Å². The van der Waals surface area contributed by atoms with Crippen LogP contribution < -0.4 is 11.1 Å². The minimum absolute atomic E-state index is 0.109. The van der Waals surface area contributed by atoms with Crippen LogP contribution in [-0.2, 0) is 10.0 Å². The lowest BCUT2D eigenvalue weighted by Crippen LogP contribution is -2.23. The Bertz CT molecular complexity index is 664. The van der Waals surface area contributed by atoms with Gasteiger partial charge in [0.1, 0.15) is 4.90 Å². The van der Waals surface area contributed by atoms with Crippen molar-refractivity contribution in [2.75, 3.05) is 25.1 Å². The van der Waals surface area contributed by atoms with Crippen LogP contribution in [0, 0.1) is 0 Å². The van der Waals surface area contributed by atoms with E-state index in [0.29, 0.717) is 5.69 Å². The third-order valence-corrected chi connectivity index (χ3v) is 5.18. The van der Waals surface area contributed by atoms with Gasteiger partial charge in [-0.05, 0) is 23.6 Å². The van der Waals surface area contributed by atoms with Crippen molar-refractivity contribution in [1.29, 1.82) is 0 Å². The number of benzene rings is 1. The summed E-state index contributed by atoms with van der Waals surface area (Å²) in [6.07, 6.45) is 0. The van der Waals surface area contributed by atoms with E-state index in [9.17, 15) is 8.42 Å². The molecular weight excluding hydrogens is 282 g/mol. The molecule has 2 rings (SSSR count). The molecule has 2 aromatic rings. The van der Waals surface area contributed by atoms with Crippen LogP contribution in [0.4, 0.5) is 17.1 Å². The molecule has 0 saturated carbocycles. The molecule has 19 heavy (non-hydrogen) atoms. The highest BCUT2D eigenvalue weighted by molar-refractivity contribution is 7.89. The third-order valence-electron chi connectivity index (χ3n) is 2.62. The van der Waals surface area contributed by atoms with Crippen LogP contribution in [0.25, 0.3) is 0 Å². The van der Waals surface area contributed by atoms with Crippen molar-refractivity contribution < 1.29 is 8.42 Å². The second-order valence-electron chi connectivity index (χ2n) is 4.14. The maximum absolute atomic E-state index is 12.1. The molecule has 102 valence electrons. The molecule has 0 atom stereocenters. The fourth-order valence-electron chi connectivity index (χ4n) is 1.57. The number of hydrogen-bond donors (Lipinski definition) is 2. The predicted octanol–water partition coefficient (Wildman–Crippen LogP) is 2.32. The summed E-state index contributed by atoms with van der Waals surface area (Å²) >= 11 is 1.55. The molecule has 0 fully saturated rings. The zero-order valence-corrected chi connectivity index (χ0v) is 12.3. The van der Waals surface area contributed by atoms with Crippen molar-refractivity contribution in [3.63, 3.8) is 0 Å². The van der Waals surface area contributed by atoms with Crippen LogP contribution in [0.15, 0.2) is 39.9 Å². The summed E-state index contributed by atoms with van der Waals surface area (Å²) in [5, 5.41) is 6.96. The van der Waals surface area contributed by atoms with Crippen LogP contribution >= 0.6 is 11.3 Å². The predicted molar refractivity (Wildman–Crippen MR) is 79.3 cm³/mol. The highest BCUT2D eigenvalue weighted by atomic mass is 32.2. The molecule has 0 aliphatic rings. The first-order valence-electron chi connectivity index (χ1n) is 5.53. The van der Waals surface area contributed by atoms with Gasteiger partial charge in [0.15, 0.2) is 0 Å².